The molecule has 1 aromatic heterocycles. The van der Waals surface area contributed by atoms with Crippen LogP contribution in [0.15, 0.2) is 22.6 Å². The zero-order chi connectivity index (χ0) is 14.5. The summed E-state index contributed by atoms with van der Waals surface area (Å²) < 4.78 is 5.63. The number of hydrogen-bond acceptors (Lipinski definition) is 4. The topological polar surface area (TPSA) is 81.2 Å². The molecule has 0 radical (unpaired) electrons. The first-order valence-electron chi connectivity index (χ1n) is 7.00. The van der Waals surface area contributed by atoms with Gasteiger partial charge in [-0.3, -0.25) is 4.79 Å². The SMILES string of the molecule is CC(C)c1nc2cc(NC(=O)CCCCN)ccc2o1. The summed E-state index contributed by atoms with van der Waals surface area (Å²) in [5.74, 6) is 0.966. The van der Waals surface area contributed by atoms with Gasteiger partial charge in [-0.15, -0.1) is 0 Å². The Morgan fingerprint density at radius 3 is 2.90 bits per heavy atom. The number of carbonyl (C=O) groups is 1. The largest absolute Gasteiger partial charge is 0.440 e. The minimum Gasteiger partial charge on any atom is -0.440 e. The van der Waals surface area contributed by atoms with Crippen molar-refractivity contribution in [3.8, 4) is 0 Å². The van der Waals surface area contributed by atoms with Gasteiger partial charge in [-0.05, 0) is 37.6 Å². The Morgan fingerprint density at radius 2 is 2.20 bits per heavy atom. The quantitative estimate of drug-likeness (QED) is 0.794. The van der Waals surface area contributed by atoms with Crippen molar-refractivity contribution in [2.24, 2.45) is 5.73 Å². The lowest BCUT2D eigenvalue weighted by Crippen LogP contribution is -2.11. The van der Waals surface area contributed by atoms with E-state index in [1.807, 2.05) is 32.0 Å². The van der Waals surface area contributed by atoms with Crippen molar-refractivity contribution in [2.75, 3.05) is 11.9 Å². The fraction of sp³-hybridized carbons (Fsp3) is 0.467. The standard InChI is InChI=1S/C15H21N3O2/c1-10(2)15-18-12-9-11(6-7-13(12)20-15)17-14(19)5-3-4-8-16/h6-7,9-10H,3-5,8,16H2,1-2H3,(H,17,19). The van der Waals surface area contributed by atoms with E-state index in [0.29, 0.717) is 18.9 Å². The highest BCUT2D eigenvalue weighted by Gasteiger charge is 2.10. The monoisotopic (exact) mass is 275 g/mol. The Labute approximate surface area is 118 Å². The molecule has 3 N–H and O–H groups in total. The van der Waals surface area contributed by atoms with Crippen molar-refractivity contribution in [1.82, 2.24) is 4.98 Å². The lowest BCUT2D eigenvalue weighted by molar-refractivity contribution is -0.116. The second-order valence-electron chi connectivity index (χ2n) is 5.18. The summed E-state index contributed by atoms with van der Waals surface area (Å²) >= 11 is 0. The molecule has 0 spiro atoms. The Balaban J connectivity index is 2.05. The third-order valence-electron chi connectivity index (χ3n) is 3.04. The van der Waals surface area contributed by atoms with Crippen molar-refractivity contribution in [3.05, 3.63) is 24.1 Å². The molecule has 0 saturated carbocycles. The summed E-state index contributed by atoms with van der Waals surface area (Å²) in [4.78, 5) is 16.2. The first-order chi connectivity index (χ1) is 9.60. The van der Waals surface area contributed by atoms with Crippen LogP contribution in [-0.2, 0) is 4.79 Å². The van der Waals surface area contributed by atoms with Crippen LogP contribution in [0, 0.1) is 0 Å². The Morgan fingerprint density at radius 1 is 1.40 bits per heavy atom. The summed E-state index contributed by atoms with van der Waals surface area (Å²) in [6, 6.07) is 5.51. The lowest BCUT2D eigenvalue weighted by Gasteiger charge is -2.04. The number of anilines is 1. The fourth-order valence-corrected chi connectivity index (χ4v) is 1.92. The highest BCUT2D eigenvalue weighted by Crippen LogP contribution is 2.23. The number of benzene rings is 1. The van der Waals surface area contributed by atoms with Gasteiger partial charge in [0.2, 0.25) is 5.91 Å². The van der Waals surface area contributed by atoms with Crippen molar-refractivity contribution in [1.29, 1.82) is 0 Å². The molecular weight excluding hydrogens is 254 g/mol. The third-order valence-corrected chi connectivity index (χ3v) is 3.04. The van der Waals surface area contributed by atoms with Crippen LogP contribution in [0.4, 0.5) is 5.69 Å². The second kappa shape index (κ2) is 6.52. The number of aromatic nitrogens is 1. The van der Waals surface area contributed by atoms with Crippen LogP contribution < -0.4 is 11.1 Å². The molecule has 0 bridgehead atoms. The summed E-state index contributed by atoms with van der Waals surface area (Å²) in [5, 5.41) is 2.87. The van der Waals surface area contributed by atoms with Crippen LogP contribution in [0.5, 0.6) is 0 Å². The van der Waals surface area contributed by atoms with Crippen LogP contribution in [-0.4, -0.2) is 17.4 Å². The molecule has 0 aliphatic rings. The zero-order valence-corrected chi connectivity index (χ0v) is 12.0. The van der Waals surface area contributed by atoms with Crippen LogP contribution in [0.3, 0.4) is 0 Å². The first kappa shape index (κ1) is 14.5. The molecule has 5 heteroatoms. The van der Waals surface area contributed by atoms with E-state index in [4.69, 9.17) is 10.2 Å². The first-order valence-corrected chi connectivity index (χ1v) is 7.00. The number of nitrogens with zero attached hydrogens (tertiary/aromatic N) is 1. The maximum Gasteiger partial charge on any atom is 0.224 e. The molecule has 1 aromatic carbocycles. The predicted octanol–water partition coefficient (Wildman–Crippen LogP) is 3.02. The highest BCUT2D eigenvalue weighted by molar-refractivity contribution is 5.92. The smallest absolute Gasteiger partial charge is 0.224 e. The van der Waals surface area contributed by atoms with E-state index < -0.39 is 0 Å². The Bertz CT molecular complexity index is 590. The van der Waals surface area contributed by atoms with E-state index in [1.165, 1.54) is 0 Å². The van der Waals surface area contributed by atoms with Gasteiger partial charge in [0.1, 0.15) is 5.52 Å². The fourth-order valence-electron chi connectivity index (χ4n) is 1.92. The van der Waals surface area contributed by atoms with Gasteiger partial charge >= 0.3 is 0 Å². The maximum absolute atomic E-state index is 11.7. The van der Waals surface area contributed by atoms with Gasteiger partial charge in [-0.2, -0.15) is 0 Å². The number of unbranched alkanes of at least 4 members (excludes halogenated alkanes) is 1. The van der Waals surface area contributed by atoms with Gasteiger partial charge in [0.25, 0.3) is 0 Å². The van der Waals surface area contributed by atoms with Crippen molar-refractivity contribution in [2.45, 2.75) is 39.0 Å². The number of oxazole rings is 1. The Hall–Kier alpha value is -1.88. The second-order valence-corrected chi connectivity index (χ2v) is 5.18. The lowest BCUT2D eigenvalue weighted by atomic mass is 10.2. The summed E-state index contributed by atoms with van der Waals surface area (Å²) in [6.07, 6.45) is 2.17. The van der Waals surface area contributed by atoms with Gasteiger partial charge in [-0.25, -0.2) is 4.98 Å². The molecular formula is C15H21N3O2. The van der Waals surface area contributed by atoms with E-state index in [9.17, 15) is 4.79 Å². The minimum atomic E-state index is 0.00498. The molecule has 5 nitrogen and oxygen atoms in total. The third kappa shape index (κ3) is 3.57. The maximum atomic E-state index is 11.7. The van der Waals surface area contributed by atoms with Gasteiger partial charge in [0.15, 0.2) is 11.5 Å². The van der Waals surface area contributed by atoms with Gasteiger partial charge in [0, 0.05) is 18.0 Å². The minimum absolute atomic E-state index is 0.00498. The van der Waals surface area contributed by atoms with Gasteiger partial charge < -0.3 is 15.5 Å². The number of nitrogens with one attached hydrogen (secondary N) is 1. The van der Waals surface area contributed by atoms with E-state index in [-0.39, 0.29) is 11.8 Å². The summed E-state index contributed by atoms with van der Waals surface area (Å²) in [5.41, 5.74) is 7.67. The van der Waals surface area contributed by atoms with Crippen molar-refractivity contribution < 1.29 is 9.21 Å². The average molecular weight is 275 g/mol. The number of carbonyl (C=O) groups excluding carboxylic acids is 1. The molecule has 20 heavy (non-hydrogen) atoms. The predicted molar refractivity (Wildman–Crippen MR) is 79.6 cm³/mol. The zero-order valence-electron chi connectivity index (χ0n) is 12.0. The molecule has 0 saturated heterocycles. The summed E-state index contributed by atoms with van der Waals surface area (Å²) in [6.45, 7) is 4.69. The van der Waals surface area contributed by atoms with Crippen molar-refractivity contribution in [3.63, 3.8) is 0 Å². The number of rotatable bonds is 6. The van der Waals surface area contributed by atoms with Crippen LogP contribution in [0.25, 0.3) is 11.1 Å². The van der Waals surface area contributed by atoms with E-state index >= 15 is 0 Å². The van der Waals surface area contributed by atoms with E-state index in [2.05, 4.69) is 10.3 Å². The number of fused-ring (bicyclic) bond motifs is 1. The Kier molecular flexibility index (Phi) is 4.74. The molecule has 0 aliphatic carbocycles. The van der Waals surface area contributed by atoms with E-state index in [1.54, 1.807) is 0 Å². The van der Waals surface area contributed by atoms with Crippen LogP contribution >= 0.6 is 0 Å². The average Bonchev–Trinajstić information content (AvgIpc) is 2.82. The number of hydrogen-bond donors (Lipinski definition) is 2. The molecule has 0 atom stereocenters. The number of nitrogens with two attached hydrogens (primary N) is 1. The summed E-state index contributed by atoms with van der Waals surface area (Å²) in [7, 11) is 0. The highest BCUT2D eigenvalue weighted by atomic mass is 16.3. The van der Waals surface area contributed by atoms with E-state index in [0.717, 1.165) is 29.6 Å². The normalized spacial score (nSPS) is 11.2. The molecule has 0 fully saturated rings. The molecule has 1 heterocycles. The van der Waals surface area contributed by atoms with Crippen molar-refractivity contribution >= 4 is 22.7 Å². The van der Waals surface area contributed by atoms with Crippen LogP contribution in [0.2, 0.25) is 0 Å². The molecule has 108 valence electrons. The number of amides is 1. The molecule has 0 aliphatic heterocycles. The molecule has 1 amide bonds. The van der Waals surface area contributed by atoms with Gasteiger partial charge in [-0.1, -0.05) is 13.8 Å². The van der Waals surface area contributed by atoms with Crippen LogP contribution in [0.1, 0.15) is 44.9 Å². The molecule has 2 rings (SSSR count). The molecule has 0 unspecified atom stereocenters. The molecule has 2 aromatic rings. The van der Waals surface area contributed by atoms with Gasteiger partial charge in [0.05, 0.1) is 0 Å².